The van der Waals surface area contributed by atoms with Crippen molar-refractivity contribution in [2.24, 2.45) is 0 Å². The lowest BCUT2D eigenvalue weighted by molar-refractivity contribution is -0.140. The summed E-state index contributed by atoms with van der Waals surface area (Å²) in [5.74, 6) is -1.82. The van der Waals surface area contributed by atoms with Gasteiger partial charge in [-0.3, -0.25) is 0 Å². The summed E-state index contributed by atoms with van der Waals surface area (Å²) in [4.78, 5) is 21.2. The van der Waals surface area contributed by atoms with Crippen LogP contribution in [0, 0.1) is 0 Å². The lowest BCUT2D eigenvalue weighted by Gasteiger charge is -2.05. The van der Waals surface area contributed by atoms with Crippen molar-refractivity contribution in [3.63, 3.8) is 0 Å². The summed E-state index contributed by atoms with van der Waals surface area (Å²) in [5, 5.41) is 8.34. The standard InChI is InChI=1S/C18H32O5/c1-2-3-4-5-6-7-8-9-10-11-14-22-15-16-23-18(21)13-12-17(19)20/h12-13H,2-11,14-16H2,1H3,(H,19,20). The molecular weight excluding hydrogens is 296 g/mol. The van der Waals surface area contributed by atoms with Crippen LogP contribution in [0.25, 0.3) is 0 Å². The Labute approximate surface area is 140 Å². The summed E-state index contributed by atoms with van der Waals surface area (Å²) < 4.78 is 10.1. The molecule has 0 rings (SSSR count). The average Bonchev–Trinajstić information content (AvgIpc) is 2.53. The van der Waals surface area contributed by atoms with Crippen LogP contribution < -0.4 is 0 Å². The van der Waals surface area contributed by atoms with Gasteiger partial charge in [-0.2, -0.15) is 0 Å². The molecule has 0 radical (unpaired) electrons. The Hall–Kier alpha value is -1.36. The first-order valence-corrected chi connectivity index (χ1v) is 8.82. The molecule has 0 aromatic rings. The minimum atomic E-state index is -1.17. The molecule has 23 heavy (non-hydrogen) atoms. The van der Waals surface area contributed by atoms with Crippen LogP contribution in [-0.2, 0) is 19.1 Å². The molecule has 0 heterocycles. The third-order valence-corrected chi connectivity index (χ3v) is 3.48. The van der Waals surface area contributed by atoms with Gasteiger partial charge in [0.25, 0.3) is 0 Å². The molecule has 0 fully saturated rings. The number of esters is 1. The van der Waals surface area contributed by atoms with Crippen LogP contribution in [0.4, 0.5) is 0 Å². The van der Waals surface area contributed by atoms with Crippen molar-refractivity contribution in [1.29, 1.82) is 0 Å². The van der Waals surface area contributed by atoms with Crippen LogP contribution in [0.15, 0.2) is 12.2 Å². The van der Waals surface area contributed by atoms with Crippen LogP contribution in [-0.4, -0.2) is 36.9 Å². The molecule has 134 valence electrons. The predicted octanol–water partition coefficient (Wildman–Crippen LogP) is 4.11. The first-order valence-electron chi connectivity index (χ1n) is 8.82. The lowest BCUT2D eigenvalue weighted by atomic mass is 10.1. The smallest absolute Gasteiger partial charge is 0.331 e. The van der Waals surface area contributed by atoms with Gasteiger partial charge < -0.3 is 14.6 Å². The highest BCUT2D eigenvalue weighted by Gasteiger charge is 1.98. The third-order valence-electron chi connectivity index (χ3n) is 3.48. The minimum Gasteiger partial charge on any atom is -0.478 e. The Kier molecular flexibility index (Phi) is 16.0. The molecule has 0 aromatic heterocycles. The Morgan fingerprint density at radius 3 is 1.91 bits per heavy atom. The fourth-order valence-electron chi connectivity index (χ4n) is 2.18. The summed E-state index contributed by atoms with van der Waals surface area (Å²) in [6, 6.07) is 0. The van der Waals surface area contributed by atoms with Gasteiger partial charge in [0.05, 0.1) is 6.61 Å². The molecule has 0 atom stereocenters. The van der Waals surface area contributed by atoms with Gasteiger partial charge in [0, 0.05) is 18.8 Å². The SMILES string of the molecule is CCCCCCCCCCCCOCCOC(=O)C=CC(=O)O. The van der Waals surface area contributed by atoms with Crippen molar-refractivity contribution < 1.29 is 24.2 Å². The average molecular weight is 328 g/mol. The third kappa shape index (κ3) is 18.6. The molecule has 0 aromatic carbocycles. The van der Waals surface area contributed by atoms with E-state index in [1.54, 1.807) is 0 Å². The first-order chi connectivity index (χ1) is 11.2. The highest BCUT2D eigenvalue weighted by molar-refractivity contribution is 5.90. The van der Waals surface area contributed by atoms with E-state index < -0.39 is 11.9 Å². The predicted molar refractivity (Wildman–Crippen MR) is 90.4 cm³/mol. The molecule has 0 aliphatic heterocycles. The highest BCUT2D eigenvalue weighted by atomic mass is 16.6. The van der Waals surface area contributed by atoms with Gasteiger partial charge >= 0.3 is 11.9 Å². The van der Waals surface area contributed by atoms with E-state index in [9.17, 15) is 9.59 Å². The topological polar surface area (TPSA) is 72.8 Å². The van der Waals surface area contributed by atoms with E-state index in [4.69, 9.17) is 14.6 Å². The Bertz CT molecular complexity index is 325. The van der Waals surface area contributed by atoms with Gasteiger partial charge in [0.15, 0.2) is 0 Å². The summed E-state index contributed by atoms with van der Waals surface area (Å²) in [5.41, 5.74) is 0. The molecule has 0 unspecified atom stereocenters. The van der Waals surface area contributed by atoms with Crippen molar-refractivity contribution >= 4 is 11.9 Å². The van der Waals surface area contributed by atoms with Gasteiger partial charge in [0.1, 0.15) is 6.61 Å². The first kappa shape index (κ1) is 21.6. The second kappa shape index (κ2) is 17.0. The lowest BCUT2D eigenvalue weighted by Crippen LogP contribution is -2.09. The zero-order valence-electron chi connectivity index (χ0n) is 14.4. The molecule has 0 saturated carbocycles. The Balaban J connectivity index is 3.16. The molecule has 0 spiro atoms. The van der Waals surface area contributed by atoms with Gasteiger partial charge in [0.2, 0.25) is 0 Å². The van der Waals surface area contributed by atoms with E-state index in [1.165, 1.54) is 57.8 Å². The second-order valence-corrected chi connectivity index (χ2v) is 5.63. The molecule has 5 nitrogen and oxygen atoms in total. The summed E-state index contributed by atoms with van der Waals surface area (Å²) in [6.07, 6.45) is 14.5. The van der Waals surface area contributed by atoms with E-state index in [0.717, 1.165) is 18.6 Å². The maximum Gasteiger partial charge on any atom is 0.331 e. The zero-order valence-corrected chi connectivity index (χ0v) is 14.4. The van der Waals surface area contributed by atoms with Gasteiger partial charge in [-0.1, -0.05) is 64.7 Å². The van der Waals surface area contributed by atoms with E-state index >= 15 is 0 Å². The number of carboxylic acid groups (broad SMARTS) is 1. The van der Waals surface area contributed by atoms with Crippen LogP contribution in [0.2, 0.25) is 0 Å². The fraction of sp³-hybridized carbons (Fsp3) is 0.778. The van der Waals surface area contributed by atoms with Crippen molar-refractivity contribution in [2.45, 2.75) is 71.1 Å². The summed E-state index contributed by atoms with van der Waals surface area (Å²) >= 11 is 0. The second-order valence-electron chi connectivity index (χ2n) is 5.63. The largest absolute Gasteiger partial charge is 0.478 e. The molecule has 0 bridgehead atoms. The molecule has 1 N–H and O–H groups in total. The quantitative estimate of drug-likeness (QED) is 0.262. The van der Waals surface area contributed by atoms with Crippen LogP contribution in [0.1, 0.15) is 71.1 Å². The fourth-order valence-corrected chi connectivity index (χ4v) is 2.18. The number of ether oxygens (including phenoxy) is 2. The van der Waals surface area contributed by atoms with Gasteiger partial charge in [-0.15, -0.1) is 0 Å². The van der Waals surface area contributed by atoms with Crippen molar-refractivity contribution in [3.05, 3.63) is 12.2 Å². The van der Waals surface area contributed by atoms with Gasteiger partial charge in [-0.25, -0.2) is 9.59 Å². The minimum absolute atomic E-state index is 0.153. The Morgan fingerprint density at radius 2 is 1.35 bits per heavy atom. The molecule has 0 amide bonds. The number of hydrogen-bond acceptors (Lipinski definition) is 4. The normalized spacial score (nSPS) is 11.0. The zero-order chi connectivity index (χ0) is 17.2. The highest BCUT2D eigenvalue weighted by Crippen LogP contribution is 2.10. The molecule has 5 heteroatoms. The van der Waals surface area contributed by atoms with Crippen molar-refractivity contribution in [2.75, 3.05) is 19.8 Å². The molecule has 0 aliphatic rings. The van der Waals surface area contributed by atoms with E-state index in [2.05, 4.69) is 6.92 Å². The van der Waals surface area contributed by atoms with Crippen molar-refractivity contribution in [1.82, 2.24) is 0 Å². The van der Waals surface area contributed by atoms with Crippen LogP contribution in [0.3, 0.4) is 0 Å². The van der Waals surface area contributed by atoms with E-state index in [1.807, 2.05) is 0 Å². The summed E-state index contributed by atoms with van der Waals surface area (Å²) in [7, 11) is 0. The number of unbranched alkanes of at least 4 members (excludes halogenated alkanes) is 9. The van der Waals surface area contributed by atoms with E-state index in [0.29, 0.717) is 13.2 Å². The number of rotatable bonds is 16. The maximum absolute atomic E-state index is 11.0. The number of carbonyl (C=O) groups excluding carboxylic acids is 1. The number of hydrogen-bond donors (Lipinski definition) is 1. The van der Waals surface area contributed by atoms with Crippen molar-refractivity contribution in [3.8, 4) is 0 Å². The molecule has 0 saturated heterocycles. The number of aliphatic carboxylic acids is 1. The number of carbonyl (C=O) groups is 2. The van der Waals surface area contributed by atoms with Crippen LogP contribution >= 0.6 is 0 Å². The maximum atomic E-state index is 11.0. The van der Waals surface area contributed by atoms with E-state index in [-0.39, 0.29) is 6.61 Å². The van der Waals surface area contributed by atoms with Gasteiger partial charge in [-0.05, 0) is 6.42 Å². The monoisotopic (exact) mass is 328 g/mol. The Morgan fingerprint density at radius 1 is 0.783 bits per heavy atom. The van der Waals surface area contributed by atoms with Crippen LogP contribution in [0.5, 0.6) is 0 Å². The summed E-state index contributed by atoms with van der Waals surface area (Å²) in [6.45, 7) is 3.42. The molecular formula is C18H32O5. The molecule has 0 aliphatic carbocycles. The number of carboxylic acids is 1.